The van der Waals surface area contributed by atoms with Gasteiger partial charge in [0.1, 0.15) is 17.6 Å². The largest absolute Gasteiger partial charge is 0.473 e. The highest BCUT2D eigenvalue weighted by atomic mass is 35.5. The van der Waals surface area contributed by atoms with Gasteiger partial charge in [-0.1, -0.05) is 23.7 Å². The second kappa shape index (κ2) is 11.1. The van der Waals surface area contributed by atoms with Gasteiger partial charge >= 0.3 is 0 Å². The molecule has 12 nitrogen and oxygen atoms in total. The van der Waals surface area contributed by atoms with Crippen molar-refractivity contribution in [3.8, 4) is 17.1 Å². The number of halogens is 1. The predicted molar refractivity (Wildman–Crippen MR) is 156 cm³/mol. The van der Waals surface area contributed by atoms with E-state index in [9.17, 15) is 4.79 Å². The number of amides is 1. The molecule has 0 saturated carbocycles. The van der Waals surface area contributed by atoms with Crippen molar-refractivity contribution < 1.29 is 9.53 Å². The Labute approximate surface area is 241 Å². The third-order valence-corrected chi connectivity index (χ3v) is 7.27. The van der Waals surface area contributed by atoms with Crippen LogP contribution in [0, 0.1) is 13.8 Å². The molecule has 0 bridgehead atoms. The number of anilines is 3. The molecule has 210 valence electrons. The number of carbonyl (C=O) groups excluding carboxylic acids is 1. The predicted octanol–water partition coefficient (Wildman–Crippen LogP) is 4.25. The summed E-state index contributed by atoms with van der Waals surface area (Å²) >= 11 is 5.92. The highest BCUT2D eigenvalue weighted by molar-refractivity contribution is 6.29. The summed E-state index contributed by atoms with van der Waals surface area (Å²) in [7, 11) is 1.89. The van der Waals surface area contributed by atoms with Crippen molar-refractivity contribution in [2.75, 3.05) is 30.3 Å². The minimum Gasteiger partial charge on any atom is -0.473 e. The molecular weight excluding hydrogens is 544 g/mol. The Morgan fingerprint density at radius 1 is 1.22 bits per heavy atom. The lowest BCUT2D eigenvalue weighted by Crippen LogP contribution is -2.33. The summed E-state index contributed by atoms with van der Waals surface area (Å²) in [6.45, 7) is 5.57. The Balaban J connectivity index is 1.14. The fourth-order valence-electron chi connectivity index (χ4n) is 4.95. The molecule has 1 aromatic carbocycles. The lowest BCUT2D eigenvalue weighted by atomic mass is 10.1. The molecule has 4 aromatic heterocycles. The number of fused-ring (bicyclic) bond motifs is 1. The molecule has 1 saturated heterocycles. The van der Waals surface area contributed by atoms with Crippen molar-refractivity contribution >= 4 is 45.9 Å². The molecule has 0 unspecified atom stereocenters. The van der Waals surface area contributed by atoms with Crippen molar-refractivity contribution in [2.24, 2.45) is 7.05 Å². The van der Waals surface area contributed by atoms with Gasteiger partial charge in [0.2, 0.25) is 17.7 Å². The summed E-state index contributed by atoms with van der Waals surface area (Å²) in [6.07, 6.45) is 5.79. The van der Waals surface area contributed by atoms with E-state index in [0.717, 1.165) is 46.4 Å². The number of hydrogen-bond donors (Lipinski definition) is 3. The van der Waals surface area contributed by atoms with Crippen molar-refractivity contribution in [1.82, 2.24) is 39.6 Å². The van der Waals surface area contributed by atoms with Crippen molar-refractivity contribution in [1.29, 1.82) is 0 Å². The number of nitrogens with zero attached hydrogens (tertiary/aromatic N) is 7. The molecule has 1 aliphatic rings. The van der Waals surface area contributed by atoms with E-state index in [-0.39, 0.29) is 18.6 Å². The van der Waals surface area contributed by atoms with E-state index in [1.165, 1.54) is 6.33 Å². The second-order valence-corrected chi connectivity index (χ2v) is 10.5. The lowest BCUT2D eigenvalue weighted by Gasteiger charge is -2.16. The van der Waals surface area contributed by atoms with Crippen LogP contribution in [0.5, 0.6) is 5.88 Å². The van der Waals surface area contributed by atoms with Crippen LogP contribution in [0.15, 0.2) is 49.1 Å². The van der Waals surface area contributed by atoms with Crippen LogP contribution in [-0.2, 0) is 11.8 Å². The second-order valence-electron chi connectivity index (χ2n) is 10.1. The van der Waals surface area contributed by atoms with Gasteiger partial charge < -0.3 is 20.4 Å². The number of aryl methyl sites for hydroxylation is 3. The number of carbonyl (C=O) groups is 1. The monoisotopic (exact) mass is 572 g/mol. The summed E-state index contributed by atoms with van der Waals surface area (Å²) in [5, 5.41) is 12.0. The minimum atomic E-state index is -0.102. The number of likely N-dealkylation sites (tertiary alicyclic amines) is 1. The third-order valence-electron chi connectivity index (χ3n) is 7.06. The minimum absolute atomic E-state index is 0.0691. The van der Waals surface area contributed by atoms with E-state index in [1.54, 1.807) is 16.9 Å². The van der Waals surface area contributed by atoms with Crippen LogP contribution in [0.4, 0.5) is 17.5 Å². The summed E-state index contributed by atoms with van der Waals surface area (Å²) in [5.41, 5.74) is 5.19. The Bertz CT molecular complexity index is 1710. The first-order chi connectivity index (χ1) is 19.8. The van der Waals surface area contributed by atoms with E-state index in [1.807, 2.05) is 51.4 Å². The number of rotatable bonds is 8. The number of ether oxygens (including phenoxy) is 1. The maximum absolute atomic E-state index is 13.0. The molecule has 0 aliphatic carbocycles. The molecule has 41 heavy (non-hydrogen) atoms. The van der Waals surface area contributed by atoms with Gasteiger partial charge in [0, 0.05) is 61.3 Å². The van der Waals surface area contributed by atoms with Gasteiger partial charge in [-0.15, -0.1) is 0 Å². The Morgan fingerprint density at radius 3 is 2.90 bits per heavy atom. The topological polar surface area (TPSA) is 139 Å². The van der Waals surface area contributed by atoms with E-state index in [2.05, 4.69) is 40.6 Å². The fraction of sp³-hybridized carbons (Fsp3) is 0.286. The molecule has 13 heteroatoms. The van der Waals surface area contributed by atoms with E-state index in [4.69, 9.17) is 21.3 Å². The molecule has 1 aliphatic heterocycles. The zero-order chi connectivity index (χ0) is 28.5. The van der Waals surface area contributed by atoms with Gasteiger partial charge in [-0.05, 0) is 31.9 Å². The molecule has 5 heterocycles. The molecule has 3 N–H and O–H groups in total. The van der Waals surface area contributed by atoms with Crippen molar-refractivity contribution in [2.45, 2.75) is 26.4 Å². The maximum Gasteiger partial charge on any atom is 0.238 e. The Morgan fingerprint density at radius 2 is 2.10 bits per heavy atom. The number of aromatic amines is 1. The van der Waals surface area contributed by atoms with Crippen LogP contribution < -0.4 is 15.4 Å². The number of aromatic nitrogens is 7. The molecule has 0 radical (unpaired) electrons. The zero-order valence-corrected chi connectivity index (χ0v) is 23.6. The maximum atomic E-state index is 13.0. The Hall–Kier alpha value is -4.55. The van der Waals surface area contributed by atoms with Gasteiger partial charge in [-0.3, -0.25) is 14.4 Å². The molecule has 5 aromatic rings. The summed E-state index contributed by atoms with van der Waals surface area (Å²) < 4.78 is 7.70. The number of hydrogen-bond acceptors (Lipinski definition) is 9. The Kier molecular flexibility index (Phi) is 7.25. The first-order valence-electron chi connectivity index (χ1n) is 13.2. The molecule has 0 spiro atoms. The zero-order valence-electron chi connectivity index (χ0n) is 22.8. The quantitative estimate of drug-likeness (QED) is 0.233. The summed E-state index contributed by atoms with van der Waals surface area (Å²) in [5.74, 6) is 1.47. The summed E-state index contributed by atoms with van der Waals surface area (Å²) in [4.78, 5) is 35.6. The molecule has 6 rings (SSSR count). The highest BCUT2D eigenvalue weighted by Crippen LogP contribution is 2.33. The van der Waals surface area contributed by atoms with Crippen molar-refractivity contribution in [3.05, 3.63) is 65.5 Å². The van der Waals surface area contributed by atoms with Gasteiger partial charge in [0.25, 0.3) is 0 Å². The average Bonchev–Trinajstić information content (AvgIpc) is 3.64. The standard InChI is InChI=1S/C28H29ClN10O2/c1-16-11-31-28(35-23-9-17(2)38(3)37-23)36-26(16)20-12-30-27-19(20)5-4-6-21(27)34-24(40)14-39-8-7-18(13-39)41-25-10-22(29)32-15-33-25/h4-6,9-12,15,18,30H,7-8,13-14H2,1-3H3,(H,34,40)(H,31,35,36,37)/t18-/m0/s1. The first-order valence-corrected chi connectivity index (χ1v) is 13.6. The normalized spacial score (nSPS) is 15.4. The van der Waals surface area contributed by atoms with Gasteiger partial charge in [0.15, 0.2) is 5.82 Å². The molecular formula is C28H29ClN10O2. The lowest BCUT2D eigenvalue weighted by molar-refractivity contribution is -0.117. The molecule has 1 fully saturated rings. The number of nitrogens with one attached hydrogen (secondary N) is 3. The van der Waals surface area contributed by atoms with Gasteiger partial charge in [-0.25, -0.2) is 19.9 Å². The van der Waals surface area contributed by atoms with E-state index < -0.39 is 0 Å². The fourth-order valence-corrected chi connectivity index (χ4v) is 5.08. The van der Waals surface area contributed by atoms with Crippen LogP contribution in [0.1, 0.15) is 17.7 Å². The van der Waals surface area contributed by atoms with E-state index in [0.29, 0.717) is 35.0 Å². The van der Waals surface area contributed by atoms with Crippen molar-refractivity contribution in [3.63, 3.8) is 0 Å². The average molecular weight is 573 g/mol. The van der Waals surface area contributed by atoms with Crippen LogP contribution in [-0.4, -0.2) is 71.2 Å². The van der Waals surface area contributed by atoms with Gasteiger partial charge in [0.05, 0.1) is 23.4 Å². The molecule has 1 amide bonds. The van der Waals surface area contributed by atoms with Gasteiger partial charge in [-0.2, -0.15) is 5.10 Å². The SMILES string of the molecule is Cc1cnc(Nc2cc(C)n(C)n2)nc1-c1c[nH]c2c(NC(=O)CN3CC[C@H](Oc4cc(Cl)ncn4)C3)cccc12. The smallest absolute Gasteiger partial charge is 0.238 e. The van der Waals surface area contributed by atoms with Crippen LogP contribution in [0.2, 0.25) is 5.15 Å². The van der Waals surface area contributed by atoms with Crippen LogP contribution in [0.25, 0.3) is 22.2 Å². The highest BCUT2D eigenvalue weighted by Gasteiger charge is 2.26. The third kappa shape index (κ3) is 5.83. The first kappa shape index (κ1) is 26.7. The number of benzene rings is 1. The van der Waals surface area contributed by atoms with Crippen LogP contribution >= 0.6 is 11.6 Å². The molecule has 1 atom stereocenters. The number of para-hydroxylation sites is 1. The number of H-pyrrole nitrogens is 1. The summed E-state index contributed by atoms with van der Waals surface area (Å²) in [6, 6.07) is 9.35. The van der Waals surface area contributed by atoms with Crippen LogP contribution in [0.3, 0.4) is 0 Å². The van der Waals surface area contributed by atoms with E-state index >= 15 is 0 Å².